The second kappa shape index (κ2) is 14.5. The number of benzene rings is 4. The third kappa shape index (κ3) is 8.56. The van der Waals surface area contributed by atoms with Crippen molar-refractivity contribution in [1.82, 2.24) is 0 Å². The van der Waals surface area contributed by atoms with Gasteiger partial charge in [-0.05, 0) is 65.6 Å². The first-order chi connectivity index (χ1) is 23.1. The zero-order valence-corrected chi connectivity index (χ0v) is 25.7. The number of hydrogen-bond donors (Lipinski definition) is 0. The summed E-state index contributed by atoms with van der Waals surface area (Å²) in [7, 11) is 0. The van der Waals surface area contributed by atoms with Gasteiger partial charge in [-0.3, -0.25) is 0 Å². The quantitative estimate of drug-likeness (QED) is 0.122. The highest BCUT2D eigenvalue weighted by molar-refractivity contribution is 5.71. The predicted octanol–water partition coefficient (Wildman–Crippen LogP) is 11.6. The normalized spacial score (nSPS) is 17.0. The summed E-state index contributed by atoms with van der Waals surface area (Å²) in [5.41, 5.74) is -0.568. The van der Waals surface area contributed by atoms with Gasteiger partial charge >= 0.3 is 12.3 Å². The Morgan fingerprint density at radius 2 is 1.35 bits per heavy atom. The Balaban J connectivity index is 1.31. The summed E-state index contributed by atoms with van der Waals surface area (Å²) in [5, 5.41) is 0. The average molecular weight is 699 g/mol. The number of alkyl halides is 5. The molecule has 2 unspecified atom stereocenters. The molecule has 260 valence electrons. The van der Waals surface area contributed by atoms with Crippen LogP contribution >= 0.6 is 0 Å². The Morgan fingerprint density at radius 1 is 0.735 bits per heavy atom. The summed E-state index contributed by atoms with van der Waals surface area (Å²) in [5.74, 6) is -10.2. The molecule has 4 aromatic rings. The molecule has 1 fully saturated rings. The van der Waals surface area contributed by atoms with Crippen LogP contribution in [0.25, 0.3) is 22.3 Å². The lowest BCUT2D eigenvalue weighted by atomic mass is 9.91. The second-order valence-electron chi connectivity index (χ2n) is 11.5. The molecule has 0 aromatic heterocycles. The molecule has 0 amide bonds. The van der Waals surface area contributed by atoms with Crippen molar-refractivity contribution in [3.8, 4) is 33.8 Å². The van der Waals surface area contributed by atoms with Crippen LogP contribution in [0.1, 0.15) is 49.8 Å². The Hall–Kier alpha value is -4.52. The van der Waals surface area contributed by atoms with Crippen molar-refractivity contribution in [1.29, 1.82) is 0 Å². The minimum Gasteiger partial charge on any atom is -0.459 e. The van der Waals surface area contributed by atoms with Crippen molar-refractivity contribution in [2.75, 3.05) is 6.61 Å². The van der Waals surface area contributed by atoms with Crippen molar-refractivity contribution in [3.05, 3.63) is 119 Å². The van der Waals surface area contributed by atoms with Gasteiger partial charge in [0.2, 0.25) is 0 Å². The molecular weight excluding hydrogens is 670 g/mol. The van der Waals surface area contributed by atoms with Crippen LogP contribution in [0.4, 0.5) is 43.9 Å². The van der Waals surface area contributed by atoms with Gasteiger partial charge in [-0.2, -0.15) is 22.0 Å². The van der Waals surface area contributed by atoms with E-state index in [1.54, 1.807) is 12.1 Å². The highest BCUT2D eigenvalue weighted by atomic mass is 19.4. The molecule has 0 spiro atoms. The molecule has 1 aliphatic rings. The predicted molar refractivity (Wildman–Crippen MR) is 160 cm³/mol. The Labute approximate surface area is 274 Å². The van der Waals surface area contributed by atoms with Crippen LogP contribution in [0.3, 0.4) is 0 Å². The van der Waals surface area contributed by atoms with Crippen molar-refractivity contribution in [2.45, 2.75) is 51.0 Å². The maximum absolute atomic E-state index is 15.2. The summed E-state index contributed by atoms with van der Waals surface area (Å²) in [6.07, 6.45) is -6.12. The molecular formula is C36H28F10O3. The largest absolute Gasteiger partial charge is 0.459 e. The SMILES string of the molecule is CCCC1CCC(c2ccc(-c3ccc(-c4cc(F)c(C(F)(F)Oc5cc(F)c(O/C=C/C(F)(F)F)c(F)c5)c(F)c4)c(F)c3)cc2)OC1. The van der Waals surface area contributed by atoms with E-state index in [1.807, 2.05) is 12.1 Å². The van der Waals surface area contributed by atoms with Gasteiger partial charge in [0.05, 0.1) is 25.0 Å². The maximum Gasteiger partial charge on any atom is 0.432 e. The van der Waals surface area contributed by atoms with Crippen molar-refractivity contribution >= 4 is 0 Å². The monoisotopic (exact) mass is 698 g/mol. The van der Waals surface area contributed by atoms with E-state index in [2.05, 4.69) is 16.4 Å². The van der Waals surface area contributed by atoms with Gasteiger partial charge < -0.3 is 14.2 Å². The minimum atomic E-state index is -4.87. The second-order valence-corrected chi connectivity index (χ2v) is 11.5. The van der Waals surface area contributed by atoms with Crippen molar-refractivity contribution < 1.29 is 58.1 Å². The van der Waals surface area contributed by atoms with E-state index in [9.17, 15) is 39.5 Å². The van der Waals surface area contributed by atoms with E-state index in [0.717, 1.165) is 37.3 Å². The zero-order chi connectivity index (χ0) is 35.5. The number of ether oxygens (including phenoxy) is 3. The molecule has 2 atom stereocenters. The summed E-state index contributed by atoms with van der Waals surface area (Å²) < 4.78 is 155. The van der Waals surface area contributed by atoms with Gasteiger partial charge in [-0.25, -0.2) is 22.0 Å². The van der Waals surface area contributed by atoms with Crippen LogP contribution in [0.2, 0.25) is 0 Å². The van der Waals surface area contributed by atoms with E-state index in [0.29, 0.717) is 35.8 Å². The smallest absolute Gasteiger partial charge is 0.432 e. The third-order valence-electron chi connectivity index (χ3n) is 7.96. The molecule has 1 heterocycles. The van der Waals surface area contributed by atoms with E-state index >= 15 is 4.39 Å². The first-order valence-corrected chi connectivity index (χ1v) is 15.1. The first kappa shape index (κ1) is 35.8. The van der Waals surface area contributed by atoms with Crippen molar-refractivity contribution in [2.24, 2.45) is 5.92 Å². The Kier molecular flexibility index (Phi) is 10.6. The van der Waals surface area contributed by atoms with Crippen LogP contribution in [0.15, 0.2) is 79.1 Å². The summed E-state index contributed by atoms with van der Waals surface area (Å²) in [6, 6.07) is 12.4. The molecule has 5 rings (SSSR count). The molecule has 0 bridgehead atoms. The third-order valence-corrected chi connectivity index (χ3v) is 7.96. The van der Waals surface area contributed by atoms with Crippen LogP contribution < -0.4 is 9.47 Å². The van der Waals surface area contributed by atoms with Gasteiger partial charge in [0.1, 0.15) is 28.8 Å². The molecule has 4 aromatic carbocycles. The molecule has 0 saturated carbocycles. The van der Waals surface area contributed by atoms with Gasteiger partial charge in [0, 0.05) is 17.7 Å². The molecule has 0 radical (unpaired) electrons. The van der Waals surface area contributed by atoms with Crippen LogP contribution in [-0.2, 0) is 10.8 Å². The average Bonchev–Trinajstić information content (AvgIpc) is 3.02. The highest BCUT2D eigenvalue weighted by Crippen LogP contribution is 2.40. The fourth-order valence-corrected chi connectivity index (χ4v) is 5.62. The maximum atomic E-state index is 15.2. The summed E-state index contributed by atoms with van der Waals surface area (Å²) in [6.45, 7) is 2.83. The topological polar surface area (TPSA) is 27.7 Å². The minimum absolute atomic E-state index is 0.0356. The number of rotatable bonds is 10. The number of allylic oxidation sites excluding steroid dienone is 1. The van der Waals surface area contributed by atoms with E-state index in [-0.39, 0.29) is 30.1 Å². The Morgan fingerprint density at radius 3 is 1.90 bits per heavy atom. The van der Waals surface area contributed by atoms with Crippen molar-refractivity contribution in [3.63, 3.8) is 0 Å². The summed E-state index contributed by atoms with van der Waals surface area (Å²) >= 11 is 0. The summed E-state index contributed by atoms with van der Waals surface area (Å²) in [4.78, 5) is 0. The van der Waals surface area contributed by atoms with Crippen LogP contribution in [0, 0.1) is 35.0 Å². The number of halogens is 10. The van der Waals surface area contributed by atoms with Gasteiger partial charge in [-0.1, -0.05) is 49.7 Å². The first-order valence-electron chi connectivity index (χ1n) is 15.1. The van der Waals surface area contributed by atoms with E-state index in [1.165, 1.54) is 12.1 Å². The molecule has 13 heteroatoms. The standard InChI is InChI=1S/C36H28F10O3/c1-2-3-20-4-11-32(48-19-20)22-7-5-21(6-8-22)23-9-10-26(27(37)14-23)24-15-28(38)33(29(39)16-24)36(45,46)49-25-17-30(40)34(31(41)18-25)47-13-12-35(42,43)44/h5-10,12-18,20,32H,2-4,11,19H2,1H3/b13-12+. The lowest BCUT2D eigenvalue weighted by molar-refractivity contribution is -0.189. The molecule has 3 nitrogen and oxygen atoms in total. The fourth-order valence-electron chi connectivity index (χ4n) is 5.62. The molecule has 0 aliphatic carbocycles. The van der Waals surface area contributed by atoms with Crippen LogP contribution in [0.5, 0.6) is 11.5 Å². The van der Waals surface area contributed by atoms with Gasteiger partial charge in [-0.15, -0.1) is 0 Å². The number of hydrogen-bond acceptors (Lipinski definition) is 3. The van der Waals surface area contributed by atoms with Gasteiger partial charge in [0.15, 0.2) is 17.4 Å². The fraction of sp³-hybridized carbons (Fsp3) is 0.278. The molecule has 1 aliphatic heterocycles. The lowest BCUT2D eigenvalue weighted by Crippen LogP contribution is -2.25. The van der Waals surface area contributed by atoms with E-state index in [4.69, 9.17) is 4.74 Å². The molecule has 49 heavy (non-hydrogen) atoms. The lowest BCUT2D eigenvalue weighted by Gasteiger charge is -2.29. The van der Waals surface area contributed by atoms with Crippen LogP contribution in [-0.4, -0.2) is 12.8 Å². The zero-order valence-electron chi connectivity index (χ0n) is 25.7. The highest BCUT2D eigenvalue weighted by Gasteiger charge is 2.42. The molecule has 1 saturated heterocycles. The van der Waals surface area contributed by atoms with E-state index < -0.39 is 70.1 Å². The molecule has 0 N–H and O–H groups in total. The Bertz CT molecular complexity index is 1770. The van der Waals surface area contributed by atoms with Gasteiger partial charge in [0.25, 0.3) is 0 Å².